The minimum Gasteiger partial charge on any atom is -0.402 e. The molecule has 0 aliphatic carbocycles. The Labute approximate surface area is 151 Å². The molecule has 2 heteroatoms. The van der Waals surface area contributed by atoms with E-state index < -0.39 is 0 Å². The third-order valence-corrected chi connectivity index (χ3v) is 4.47. The van der Waals surface area contributed by atoms with Crippen LogP contribution in [-0.4, -0.2) is 5.71 Å². The first kappa shape index (κ1) is 18.7. The van der Waals surface area contributed by atoms with E-state index in [4.69, 9.17) is 11.1 Å². The van der Waals surface area contributed by atoms with Gasteiger partial charge in [0.25, 0.3) is 0 Å². The van der Waals surface area contributed by atoms with E-state index in [1.165, 1.54) is 11.1 Å². The van der Waals surface area contributed by atoms with Crippen LogP contribution in [0.3, 0.4) is 0 Å². The van der Waals surface area contributed by atoms with Crippen LogP contribution in [0.5, 0.6) is 0 Å². The fourth-order valence-corrected chi connectivity index (χ4v) is 2.99. The van der Waals surface area contributed by atoms with Crippen molar-refractivity contribution in [1.82, 2.24) is 0 Å². The SMILES string of the molecule is C=C(N)C/C(C)=C(/C(=N)c1ccc(CC)cc1)c1ccc(CC)cc1. The van der Waals surface area contributed by atoms with E-state index in [-0.39, 0.29) is 0 Å². The van der Waals surface area contributed by atoms with Gasteiger partial charge in [0.05, 0.1) is 5.71 Å². The quantitative estimate of drug-likeness (QED) is 0.645. The molecule has 3 N–H and O–H groups in total. The third-order valence-electron chi connectivity index (χ3n) is 4.47. The van der Waals surface area contributed by atoms with Gasteiger partial charge in [-0.15, -0.1) is 0 Å². The molecule has 2 nitrogen and oxygen atoms in total. The minimum absolute atomic E-state index is 0.533. The summed E-state index contributed by atoms with van der Waals surface area (Å²) < 4.78 is 0. The first-order chi connectivity index (χ1) is 12.0. The van der Waals surface area contributed by atoms with Crippen molar-refractivity contribution in [3.63, 3.8) is 0 Å². The van der Waals surface area contributed by atoms with Crippen molar-refractivity contribution in [3.05, 3.63) is 88.6 Å². The van der Waals surface area contributed by atoms with Crippen molar-refractivity contribution in [2.45, 2.75) is 40.0 Å². The maximum Gasteiger partial charge on any atom is 0.0690 e. The number of allylic oxidation sites excluding steroid dienone is 2. The molecule has 0 bridgehead atoms. The van der Waals surface area contributed by atoms with Crippen LogP contribution >= 0.6 is 0 Å². The van der Waals surface area contributed by atoms with Gasteiger partial charge in [-0.3, -0.25) is 5.41 Å². The molecule has 0 spiro atoms. The lowest BCUT2D eigenvalue weighted by Crippen LogP contribution is -2.07. The van der Waals surface area contributed by atoms with Crippen LogP contribution in [0, 0.1) is 5.41 Å². The van der Waals surface area contributed by atoms with Crippen molar-refractivity contribution in [1.29, 1.82) is 5.41 Å². The summed E-state index contributed by atoms with van der Waals surface area (Å²) in [6.45, 7) is 10.1. The van der Waals surface area contributed by atoms with Crippen molar-refractivity contribution in [2.75, 3.05) is 0 Å². The van der Waals surface area contributed by atoms with E-state index in [0.717, 1.165) is 35.1 Å². The highest BCUT2D eigenvalue weighted by Gasteiger charge is 2.14. The van der Waals surface area contributed by atoms with Crippen LogP contribution in [0.25, 0.3) is 5.57 Å². The molecule has 0 radical (unpaired) electrons. The van der Waals surface area contributed by atoms with Crippen LogP contribution in [0.15, 0.2) is 66.4 Å². The zero-order valence-corrected chi connectivity index (χ0v) is 15.5. The van der Waals surface area contributed by atoms with E-state index in [2.05, 4.69) is 56.8 Å². The van der Waals surface area contributed by atoms with Gasteiger partial charge in [0.1, 0.15) is 0 Å². The number of aryl methyl sites for hydroxylation is 2. The average molecular weight is 332 g/mol. The first-order valence-electron chi connectivity index (χ1n) is 8.86. The number of nitrogens with two attached hydrogens (primary N) is 1. The second-order valence-electron chi connectivity index (χ2n) is 6.47. The molecule has 0 amide bonds. The summed E-state index contributed by atoms with van der Waals surface area (Å²) in [6, 6.07) is 16.7. The molecular weight excluding hydrogens is 304 g/mol. The van der Waals surface area contributed by atoms with Crippen LogP contribution in [0.2, 0.25) is 0 Å². The van der Waals surface area contributed by atoms with Gasteiger partial charge in [0.15, 0.2) is 0 Å². The monoisotopic (exact) mass is 332 g/mol. The van der Waals surface area contributed by atoms with Gasteiger partial charge >= 0.3 is 0 Å². The van der Waals surface area contributed by atoms with Crippen molar-refractivity contribution in [2.24, 2.45) is 5.73 Å². The van der Waals surface area contributed by atoms with E-state index in [1.807, 2.05) is 19.1 Å². The lowest BCUT2D eigenvalue weighted by atomic mass is 9.89. The summed E-state index contributed by atoms with van der Waals surface area (Å²) in [5.74, 6) is 0. The van der Waals surface area contributed by atoms with E-state index >= 15 is 0 Å². The Morgan fingerprint density at radius 1 is 0.880 bits per heavy atom. The van der Waals surface area contributed by atoms with E-state index in [9.17, 15) is 0 Å². The summed E-state index contributed by atoms with van der Waals surface area (Å²) >= 11 is 0. The first-order valence-corrected chi connectivity index (χ1v) is 8.86. The van der Waals surface area contributed by atoms with Crippen LogP contribution in [0.1, 0.15) is 49.4 Å². The largest absolute Gasteiger partial charge is 0.402 e. The molecule has 0 heterocycles. The topological polar surface area (TPSA) is 49.9 Å². The zero-order valence-electron chi connectivity index (χ0n) is 15.5. The summed E-state index contributed by atoms with van der Waals surface area (Å²) in [6.07, 6.45) is 2.61. The number of rotatable bonds is 7. The Morgan fingerprint density at radius 3 is 1.72 bits per heavy atom. The highest BCUT2D eigenvalue weighted by Crippen LogP contribution is 2.27. The fourth-order valence-electron chi connectivity index (χ4n) is 2.99. The molecule has 2 aromatic carbocycles. The lowest BCUT2D eigenvalue weighted by Gasteiger charge is -2.16. The van der Waals surface area contributed by atoms with Gasteiger partial charge in [0.2, 0.25) is 0 Å². The molecule has 2 aromatic rings. The average Bonchev–Trinajstić information content (AvgIpc) is 2.62. The molecular formula is C23H28N2. The lowest BCUT2D eigenvalue weighted by molar-refractivity contribution is 1.09. The second kappa shape index (κ2) is 8.48. The number of benzene rings is 2. The maximum atomic E-state index is 8.80. The minimum atomic E-state index is 0.533. The predicted molar refractivity (Wildman–Crippen MR) is 109 cm³/mol. The molecule has 2 rings (SSSR count). The summed E-state index contributed by atoms with van der Waals surface area (Å²) in [5, 5.41) is 8.80. The summed E-state index contributed by atoms with van der Waals surface area (Å²) in [4.78, 5) is 0. The Balaban J connectivity index is 2.49. The highest BCUT2D eigenvalue weighted by molar-refractivity contribution is 6.31. The zero-order chi connectivity index (χ0) is 18.4. The molecule has 0 saturated heterocycles. The smallest absolute Gasteiger partial charge is 0.0690 e. The number of nitrogens with one attached hydrogen (secondary N) is 1. The van der Waals surface area contributed by atoms with Crippen molar-refractivity contribution < 1.29 is 0 Å². The van der Waals surface area contributed by atoms with Gasteiger partial charge in [-0.2, -0.15) is 0 Å². The fraction of sp³-hybridized carbons (Fsp3) is 0.261. The van der Waals surface area contributed by atoms with Gasteiger partial charge in [-0.25, -0.2) is 0 Å². The Kier molecular flexibility index (Phi) is 6.35. The predicted octanol–water partition coefficient (Wildman–Crippen LogP) is 5.52. The molecule has 0 unspecified atom stereocenters. The van der Waals surface area contributed by atoms with Gasteiger partial charge in [0, 0.05) is 23.3 Å². The molecule has 130 valence electrons. The van der Waals surface area contributed by atoms with E-state index in [1.54, 1.807) is 0 Å². The normalized spacial score (nSPS) is 11.8. The molecule has 0 aliphatic rings. The Bertz CT molecular complexity index is 778. The second-order valence-corrected chi connectivity index (χ2v) is 6.47. The van der Waals surface area contributed by atoms with Gasteiger partial charge in [-0.1, -0.05) is 74.5 Å². The van der Waals surface area contributed by atoms with Crippen LogP contribution in [0.4, 0.5) is 0 Å². The molecule has 0 atom stereocenters. The van der Waals surface area contributed by atoms with E-state index in [0.29, 0.717) is 17.8 Å². The van der Waals surface area contributed by atoms with Crippen LogP contribution in [-0.2, 0) is 12.8 Å². The highest BCUT2D eigenvalue weighted by atomic mass is 14.6. The standard InChI is InChI=1S/C23H28N2/c1-5-18-7-11-20(12-8-18)22(16(3)15-17(4)24)23(25)21-13-9-19(6-2)10-14-21/h7-14,25H,4-6,15,24H2,1-3H3/b22-16+,25-23?. The molecule has 0 fully saturated rings. The Hall–Kier alpha value is -2.61. The van der Waals surface area contributed by atoms with Crippen molar-refractivity contribution >= 4 is 11.3 Å². The third kappa shape index (κ3) is 4.69. The summed E-state index contributed by atoms with van der Waals surface area (Å²) in [7, 11) is 0. The Morgan fingerprint density at radius 2 is 1.32 bits per heavy atom. The van der Waals surface area contributed by atoms with Crippen molar-refractivity contribution in [3.8, 4) is 0 Å². The molecule has 25 heavy (non-hydrogen) atoms. The molecule has 0 aliphatic heterocycles. The summed E-state index contributed by atoms with van der Waals surface area (Å²) in [5.41, 5.74) is 13.6. The van der Waals surface area contributed by atoms with Crippen LogP contribution < -0.4 is 5.73 Å². The molecule has 0 aromatic heterocycles. The maximum absolute atomic E-state index is 8.80. The number of hydrogen-bond acceptors (Lipinski definition) is 2. The molecule has 0 saturated carbocycles. The number of hydrogen-bond donors (Lipinski definition) is 2. The van der Waals surface area contributed by atoms with Gasteiger partial charge in [-0.05, 0) is 36.5 Å². The van der Waals surface area contributed by atoms with Gasteiger partial charge < -0.3 is 5.73 Å².